The number of pyridine rings is 2. The van der Waals surface area contributed by atoms with Crippen LogP contribution in [-0.2, 0) is 6.54 Å². The van der Waals surface area contributed by atoms with Gasteiger partial charge in [-0.15, -0.1) is 5.10 Å². The Bertz CT molecular complexity index is 1390. The minimum Gasteiger partial charge on any atom is -0.448 e. The standard InChI is InChI=1S/C22H20N10O/c1-13-29-19(20-22(30-13)27-12-26-20)16-8-14(9-23-17-4-3-7-28-32-17)10-25-21(16)31-15-5-6-18(33-2)24-11-15/h3-8,10-12H,9H2,1-2H3,(H,23,32)(H,25,31)(H,26,27,29,30)/p+1. The molecule has 0 bridgehead atoms. The monoisotopic (exact) mass is 441 g/mol. The van der Waals surface area contributed by atoms with Crippen LogP contribution >= 0.6 is 0 Å². The Morgan fingerprint density at radius 2 is 2.09 bits per heavy atom. The molecule has 0 aliphatic rings. The molecule has 0 aliphatic carbocycles. The molecule has 4 N–H and O–H groups in total. The molecule has 164 valence electrons. The van der Waals surface area contributed by atoms with Gasteiger partial charge in [0.25, 0.3) is 0 Å². The van der Waals surface area contributed by atoms with Crippen LogP contribution in [0.2, 0.25) is 0 Å². The number of H-pyrrole nitrogens is 2. The first-order valence-electron chi connectivity index (χ1n) is 10.2. The molecular weight excluding hydrogens is 420 g/mol. The number of anilines is 3. The first-order valence-corrected chi connectivity index (χ1v) is 10.2. The van der Waals surface area contributed by atoms with Crippen molar-refractivity contribution >= 4 is 28.5 Å². The van der Waals surface area contributed by atoms with E-state index in [0.29, 0.717) is 41.2 Å². The number of aromatic amines is 2. The fourth-order valence-corrected chi connectivity index (χ4v) is 3.36. The summed E-state index contributed by atoms with van der Waals surface area (Å²) in [6.07, 6.45) is 6.86. The average molecular weight is 441 g/mol. The maximum Gasteiger partial charge on any atom is 0.365 e. The molecule has 0 fully saturated rings. The molecular formula is C22H21N10O+. The van der Waals surface area contributed by atoms with E-state index >= 15 is 0 Å². The number of hydrogen-bond acceptors (Lipinski definition) is 9. The molecule has 5 heterocycles. The van der Waals surface area contributed by atoms with Crippen LogP contribution in [0.4, 0.5) is 17.3 Å². The van der Waals surface area contributed by atoms with E-state index < -0.39 is 0 Å². The molecule has 0 unspecified atom stereocenters. The number of aromatic nitrogens is 8. The third-order valence-corrected chi connectivity index (χ3v) is 4.91. The minimum absolute atomic E-state index is 0.519. The van der Waals surface area contributed by atoms with Gasteiger partial charge in [-0.3, -0.25) is 0 Å². The predicted molar refractivity (Wildman–Crippen MR) is 122 cm³/mol. The van der Waals surface area contributed by atoms with Gasteiger partial charge in [0.05, 0.1) is 19.5 Å². The van der Waals surface area contributed by atoms with Crippen LogP contribution in [0.3, 0.4) is 0 Å². The number of ether oxygens (including phenoxy) is 1. The summed E-state index contributed by atoms with van der Waals surface area (Å²) < 4.78 is 5.20. The van der Waals surface area contributed by atoms with Gasteiger partial charge in [0, 0.05) is 24.5 Å². The fourth-order valence-electron chi connectivity index (χ4n) is 3.36. The van der Waals surface area contributed by atoms with E-state index in [1.54, 1.807) is 25.8 Å². The quantitative estimate of drug-likeness (QED) is 0.347. The molecule has 11 nitrogen and oxygen atoms in total. The van der Waals surface area contributed by atoms with E-state index in [2.05, 4.69) is 40.8 Å². The highest BCUT2D eigenvalue weighted by Crippen LogP contribution is 2.32. The van der Waals surface area contributed by atoms with Crippen LogP contribution in [0.15, 0.2) is 55.2 Å². The highest BCUT2D eigenvalue weighted by atomic mass is 16.5. The van der Waals surface area contributed by atoms with Crippen LogP contribution < -0.4 is 20.4 Å². The second-order valence-corrected chi connectivity index (χ2v) is 7.19. The number of imidazole rings is 1. The van der Waals surface area contributed by atoms with Gasteiger partial charge in [-0.1, -0.05) is 0 Å². The molecule has 0 radical (unpaired) electrons. The molecule has 0 amide bonds. The third kappa shape index (κ3) is 4.37. The van der Waals surface area contributed by atoms with Crippen molar-refractivity contribution in [3.63, 3.8) is 0 Å². The Balaban J connectivity index is 1.55. The summed E-state index contributed by atoms with van der Waals surface area (Å²) in [5, 5.41) is 14.6. The van der Waals surface area contributed by atoms with E-state index in [1.165, 1.54) is 0 Å². The molecule has 0 aromatic carbocycles. The van der Waals surface area contributed by atoms with Gasteiger partial charge in [-0.2, -0.15) is 10.1 Å². The van der Waals surface area contributed by atoms with Crippen molar-refractivity contribution in [1.29, 1.82) is 0 Å². The lowest BCUT2D eigenvalue weighted by Crippen LogP contribution is -2.09. The maximum atomic E-state index is 5.20. The normalized spacial score (nSPS) is 10.8. The van der Waals surface area contributed by atoms with Gasteiger partial charge >= 0.3 is 5.88 Å². The lowest BCUT2D eigenvalue weighted by molar-refractivity contribution is -0.392. The second-order valence-electron chi connectivity index (χ2n) is 7.19. The number of methoxy groups -OCH3 is 1. The van der Waals surface area contributed by atoms with Crippen LogP contribution in [0, 0.1) is 6.92 Å². The zero-order chi connectivity index (χ0) is 22.6. The molecule has 0 saturated carbocycles. The highest BCUT2D eigenvalue weighted by Gasteiger charge is 2.17. The SMILES string of the molecule is COc1ccc(Nc2ncc(CNc3cccnn3)cc2-c2nc(C)nc3nc[nH]c23)c[nH+]1. The topological polar surface area (TPSA) is 141 Å². The summed E-state index contributed by atoms with van der Waals surface area (Å²) in [6, 6.07) is 9.47. The molecule has 5 rings (SSSR count). The third-order valence-electron chi connectivity index (χ3n) is 4.91. The smallest absolute Gasteiger partial charge is 0.365 e. The van der Waals surface area contributed by atoms with Crippen molar-refractivity contribution < 1.29 is 9.72 Å². The Kier molecular flexibility index (Phi) is 5.42. The summed E-state index contributed by atoms with van der Waals surface area (Å²) in [7, 11) is 1.61. The lowest BCUT2D eigenvalue weighted by atomic mass is 10.1. The number of aryl methyl sites for hydroxylation is 1. The summed E-state index contributed by atoms with van der Waals surface area (Å²) in [5.74, 6) is 2.61. The lowest BCUT2D eigenvalue weighted by Gasteiger charge is -2.13. The van der Waals surface area contributed by atoms with Gasteiger partial charge in [0.2, 0.25) is 0 Å². The molecule has 0 atom stereocenters. The zero-order valence-corrected chi connectivity index (χ0v) is 18.0. The summed E-state index contributed by atoms with van der Waals surface area (Å²) in [4.78, 5) is 24.3. The Morgan fingerprint density at radius 3 is 2.88 bits per heavy atom. The number of rotatable bonds is 7. The first-order chi connectivity index (χ1) is 16.2. The van der Waals surface area contributed by atoms with Gasteiger partial charge in [0.15, 0.2) is 11.8 Å². The van der Waals surface area contributed by atoms with Gasteiger partial charge in [-0.05, 0) is 36.8 Å². The molecule has 5 aromatic heterocycles. The van der Waals surface area contributed by atoms with Crippen LogP contribution in [-0.4, -0.2) is 42.2 Å². The maximum absolute atomic E-state index is 5.20. The largest absolute Gasteiger partial charge is 0.448 e. The van der Waals surface area contributed by atoms with Crippen molar-refractivity contribution in [3.8, 4) is 17.1 Å². The average Bonchev–Trinajstić information content (AvgIpc) is 3.32. The number of hydrogen-bond donors (Lipinski definition) is 3. The Labute approximate surface area is 188 Å². The van der Waals surface area contributed by atoms with Gasteiger partial charge in [-0.25, -0.2) is 19.9 Å². The van der Waals surface area contributed by atoms with E-state index in [9.17, 15) is 0 Å². The summed E-state index contributed by atoms with van der Waals surface area (Å²) >= 11 is 0. The first kappa shape index (κ1) is 20.2. The minimum atomic E-state index is 0.519. The van der Waals surface area contributed by atoms with Crippen LogP contribution in [0.5, 0.6) is 5.88 Å². The number of nitrogens with one attached hydrogen (secondary N) is 4. The molecule has 0 saturated heterocycles. The molecule has 11 heteroatoms. The fraction of sp³-hybridized carbons (Fsp3) is 0.136. The van der Waals surface area contributed by atoms with Crippen molar-refractivity contribution in [2.24, 2.45) is 0 Å². The van der Waals surface area contributed by atoms with Crippen molar-refractivity contribution in [2.45, 2.75) is 13.5 Å². The Hall–Kier alpha value is -4.67. The van der Waals surface area contributed by atoms with Gasteiger partial charge < -0.3 is 20.4 Å². The van der Waals surface area contributed by atoms with Crippen molar-refractivity contribution in [2.75, 3.05) is 17.7 Å². The summed E-state index contributed by atoms with van der Waals surface area (Å²) in [5.41, 5.74) is 4.64. The predicted octanol–water partition coefficient (Wildman–Crippen LogP) is 2.69. The Morgan fingerprint density at radius 1 is 1.15 bits per heavy atom. The number of nitrogens with zero attached hydrogens (tertiary/aromatic N) is 6. The zero-order valence-electron chi connectivity index (χ0n) is 18.0. The molecule has 5 aromatic rings. The van der Waals surface area contributed by atoms with E-state index in [-0.39, 0.29) is 0 Å². The number of fused-ring (bicyclic) bond motifs is 1. The van der Waals surface area contributed by atoms with E-state index in [0.717, 1.165) is 22.3 Å². The van der Waals surface area contributed by atoms with Crippen LogP contribution in [0.1, 0.15) is 11.4 Å². The highest BCUT2D eigenvalue weighted by molar-refractivity contribution is 5.91. The van der Waals surface area contributed by atoms with Crippen LogP contribution in [0.25, 0.3) is 22.4 Å². The molecule has 0 aliphatic heterocycles. The van der Waals surface area contributed by atoms with Gasteiger partial charge in [0.1, 0.15) is 34.4 Å². The van der Waals surface area contributed by atoms with E-state index in [1.807, 2.05) is 43.5 Å². The van der Waals surface area contributed by atoms with E-state index in [4.69, 9.17) is 14.7 Å². The van der Waals surface area contributed by atoms with Crippen molar-refractivity contribution in [1.82, 2.24) is 35.1 Å². The molecule has 33 heavy (non-hydrogen) atoms. The van der Waals surface area contributed by atoms with Crippen molar-refractivity contribution in [3.05, 3.63) is 66.6 Å². The molecule has 0 spiro atoms. The summed E-state index contributed by atoms with van der Waals surface area (Å²) in [6.45, 7) is 2.36. The second kappa shape index (κ2) is 8.83.